The highest BCUT2D eigenvalue weighted by Gasteiger charge is 2.19. The lowest BCUT2D eigenvalue weighted by Crippen LogP contribution is -2.30. The molecule has 0 N–H and O–H groups in total. The molecular weight excluding hydrogens is 1010 g/mol. The van der Waals surface area contributed by atoms with Crippen LogP contribution in [0.3, 0.4) is 0 Å². The minimum absolute atomic E-state index is 0.0766. The van der Waals surface area contributed by atoms with Crippen molar-refractivity contribution in [1.82, 2.24) is 0 Å². The van der Waals surface area contributed by atoms with Gasteiger partial charge in [0.25, 0.3) is 0 Å². The van der Waals surface area contributed by atoms with E-state index in [1.807, 2.05) is 0 Å². The van der Waals surface area contributed by atoms with Crippen molar-refractivity contribution in [2.24, 2.45) is 0 Å². The quantitative estimate of drug-likeness (QED) is 0.0261. The lowest BCUT2D eigenvalue weighted by molar-refractivity contribution is -0.167. The minimum Gasteiger partial charge on any atom is -0.462 e. The van der Waals surface area contributed by atoms with Gasteiger partial charge in [-0.1, -0.05) is 344 Å². The van der Waals surface area contributed by atoms with Gasteiger partial charge in [-0.05, 0) is 83.5 Å². The van der Waals surface area contributed by atoms with E-state index in [4.69, 9.17) is 14.2 Å². The third-order valence-corrected chi connectivity index (χ3v) is 15.9. The van der Waals surface area contributed by atoms with Crippen LogP contribution in [0.4, 0.5) is 0 Å². The number of esters is 3. The maximum atomic E-state index is 13.0. The maximum Gasteiger partial charge on any atom is 0.306 e. The van der Waals surface area contributed by atoms with Gasteiger partial charge in [0, 0.05) is 19.3 Å². The van der Waals surface area contributed by atoms with Crippen LogP contribution in [0.2, 0.25) is 0 Å². The van der Waals surface area contributed by atoms with Crippen molar-refractivity contribution in [2.75, 3.05) is 13.2 Å². The zero-order valence-corrected chi connectivity index (χ0v) is 54.8. The number of unbranched alkanes of at least 4 members (excludes halogenated alkanes) is 43. The third kappa shape index (κ3) is 67.6. The summed E-state index contributed by atoms with van der Waals surface area (Å²) in [7, 11) is 0. The van der Waals surface area contributed by atoms with E-state index in [-0.39, 0.29) is 31.1 Å². The summed E-state index contributed by atoms with van der Waals surface area (Å²) in [5.74, 6) is -0.872. The number of hydrogen-bond acceptors (Lipinski definition) is 6. The Kier molecular flexibility index (Phi) is 67.6. The van der Waals surface area contributed by atoms with Crippen LogP contribution in [0.5, 0.6) is 0 Å². The van der Waals surface area contributed by atoms with Gasteiger partial charge >= 0.3 is 17.9 Å². The Morgan fingerprint density at radius 1 is 0.256 bits per heavy atom. The number of hydrogen-bond donors (Lipinski definition) is 0. The van der Waals surface area contributed by atoms with Gasteiger partial charge in [0.15, 0.2) is 6.10 Å². The number of rotatable bonds is 66. The van der Waals surface area contributed by atoms with E-state index in [1.165, 1.54) is 225 Å². The molecule has 6 nitrogen and oxygen atoms in total. The average Bonchev–Trinajstić information content (AvgIpc) is 3.47. The Balaban J connectivity index is 4.24. The largest absolute Gasteiger partial charge is 0.462 e. The molecule has 0 rings (SSSR count). The zero-order valence-electron chi connectivity index (χ0n) is 54.8. The molecule has 0 aliphatic heterocycles. The Bertz CT molecular complexity index is 1500. The summed E-state index contributed by atoms with van der Waals surface area (Å²) in [6.45, 7) is 6.51. The molecule has 0 aromatic heterocycles. The monoisotopic (exact) mass is 1150 g/mol. The molecule has 0 aliphatic carbocycles. The van der Waals surface area contributed by atoms with Crippen LogP contribution >= 0.6 is 0 Å². The molecule has 0 aliphatic rings. The SMILES string of the molecule is CC/C=C\C/C=C\C/C=C\C/C=C\CCCCCCCCCCCCCCC(=O)OC(COC(=O)CCCCCCC/C=C\C/C=C\CCC)COC(=O)CCCCCCCCCCCCCCCCCCCCCCCCCCCC. The summed E-state index contributed by atoms with van der Waals surface area (Å²) < 4.78 is 17.0. The second kappa shape index (κ2) is 70.3. The number of carbonyl (C=O) groups is 3. The molecule has 0 amide bonds. The summed E-state index contributed by atoms with van der Waals surface area (Å²) in [5.41, 5.74) is 0. The molecular formula is C76H136O6. The first-order chi connectivity index (χ1) is 40.5. The van der Waals surface area contributed by atoms with Crippen LogP contribution < -0.4 is 0 Å². The van der Waals surface area contributed by atoms with Gasteiger partial charge in [0.05, 0.1) is 0 Å². The average molecular weight is 1150 g/mol. The first kappa shape index (κ1) is 78.8. The molecule has 0 aromatic carbocycles. The number of ether oxygens (including phenoxy) is 3. The predicted octanol–water partition coefficient (Wildman–Crippen LogP) is 24.8. The van der Waals surface area contributed by atoms with Gasteiger partial charge in [0.1, 0.15) is 13.2 Å². The fourth-order valence-corrected chi connectivity index (χ4v) is 10.6. The second-order valence-electron chi connectivity index (χ2n) is 24.1. The van der Waals surface area contributed by atoms with Crippen LogP contribution in [-0.4, -0.2) is 37.2 Å². The highest BCUT2D eigenvalue weighted by molar-refractivity contribution is 5.71. The van der Waals surface area contributed by atoms with Crippen molar-refractivity contribution in [2.45, 2.75) is 380 Å². The summed E-state index contributed by atoms with van der Waals surface area (Å²) >= 11 is 0. The molecule has 82 heavy (non-hydrogen) atoms. The van der Waals surface area contributed by atoms with Gasteiger partial charge in [0.2, 0.25) is 0 Å². The highest BCUT2D eigenvalue weighted by Crippen LogP contribution is 2.18. The van der Waals surface area contributed by atoms with Crippen LogP contribution in [0.25, 0.3) is 0 Å². The second-order valence-corrected chi connectivity index (χ2v) is 24.1. The van der Waals surface area contributed by atoms with Crippen molar-refractivity contribution in [3.8, 4) is 0 Å². The maximum absolute atomic E-state index is 13.0. The molecule has 1 atom stereocenters. The molecule has 0 saturated carbocycles. The molecule has 0 heterocycles. The fourth-order valence-electron chi connectivity index (χ4n) is 10.6. The van der Waals surface area contributed by atoms with Gasteiger partial charge in [-0.15, -0.1) is 0 Å². The molecule has 0 fully saturated rings. The number of carbonyl (C=O) groups excluding carboxylic acids is 3. The smallest absolute Gasteiger partial charge is 0.306 e. The van der Waals surface area contributed by atoms with Crippen molar-refractivity contribution in [3.63, 3.8) is 0 Å². The highest BCUT2D eigenvalue weighted by atomic mass is 16.6. The summed E-state index contributed by atoms with van der Waals surface area (Å²) in [6.07, 6.45) is 92.3. The molecule has 0 saturated heterocycles. The number of allylic oxidation sites excluding steroid dienone is 12. The van der Waals surface area contributed by atoms with Crippen molar-refractivity contribution in [1.29, 1.82) is 0 Å². The molecule has 476 valence electrons. The molecule has 0 radical (unpaired) electrons. The van der Waals surface area contributed by atoms with Crippen LogP contribution in [0, 0.1) is 0 Å². The van der Waals surface area contributed by atoms with Gasteiger partial charge in [-0.3, -0.25) is 14.4 Å². The molecule has 1 unspecified atom stereocenters. The Labute approximate surface area is 510 Å². The van der Waals surface area contributed by atoms with E-state index in [2.05, 4.69) is 93.7 Å². The topological polar surface area (TPSA) is 78.9 Å². The first-order valence-corrected chi connectivity index (χ1v) is 35.9. The standard InChI is InChI=1S/C76H136O6/c1-4-7-10-13-16-19-22-25-27-29-31-33-35-37-39-40-42-44-46-48-51-54-57-60-63-66-69-75(78)81-72-73(71-80-74(77)68-65-62-59-56-53-50-24-21-18-15-12-9-6-3)82-76(79)70-67-64-61-58-55-52-49-47-45-43-41-38-36-34-32-30-28-26-23-20-17-14-11-8-5-2/h8,11-12,15,17,20-21,24,26,28,32,34,73H,4-7,9-10,13-14,16,18-19,22-23,25,27,29-31,33,35-72H2,1-3H3/b11-8-,15-12-,20-17-,24-21-,28-26-,34-32-. The predicted molar refractivity (Wildman–Crippen MR) is 358 cm³/mol. The van der Waals surface area contributed by atoms with Crippen molar-refractivity contribution >= 4 is 17.9 Å². The molecule has 0 bridgehead atoms. The van der Waals surface area contributed by atoms with Crippen LogP contribution in [0.15, 0.2) is 72.9 Å². The van der Waals surface area contributed by atoms with E-state index in [9.17, 15) is 14.4 Å². The lowest BCUT2D eigenvalue weighted by Gasteiger charge is -2.18. The van der Waals surface area contributed by atoms with Crippen LogP contribution in [-0.2, 0) is 28.6 Å². The van der Waals surface area contributed by atoms with Crippen molar-refractivity contribution in [3.05, 3.63) is 72.9 Å². The summed E-state index contributed by atoms with van der Waals surface area (Å²) in [6, 6.07) is 0. The van der Waals surface area contributed by atoms with Crippen LogP contribution in [0.1, 0.15) is 374 Å². The fraction of sp³-hybridized carbons (Fsp3) is 0.803. The normalized spacial score (nSPS) is 12.5. The minimum atomic E-state index is -0.782. The van der Waals surface area contributed by atoms with E-state index < -0.39 is 6.10 Å². The zero-order chi connectivity index (χ0) is 59.2. The molecule has 0 spiro atoms. The van der Waals surface area contributed by atoms with Crippen molar-refractivity contribution < 1.29 is 28.6 Å². The molecule has 6 heteroatoms. The summed E-state index contributed by atoms with van der Waals surface area (Å²) in [4.78, 5) is 38.4. The van der Waals surface area contributed by atoms with Gasteiger partial charge in [-0.2, -0.15) is 0 Å². The lowest BCUT2D eigenvalue weighted by atomic mass is 10.0. The van der Waals surface area contributed by atoms with E-state index >= 15 is 0 Å². The first-order valence-electron chi connectivity index (χ1n) is 35.9. The van der Waals surface area contributed by atoms with E-state index in [1.54, 1.807) is 0 Å². The summed E-state index contributed by atoms with van der Waals surface area (Å²) in [5, 5.41) is 0. The Morgan fingerprint density at radius 2 is 0.500 bits per heavy atom. The third-order valence-electron chi connectivity index (χ3n) is 15.9. The van der Waals surface area contributed by atoms with Gasteiger partial charge in [-0.25, -0.2) is 0 Å². The Hall–Kier alpha value is -3.15. The van der Waals surface area contributed by atoms with E-state index in [0.717, 1.165) is 109 Å². The molecule has 0 aromatic rings. The van der Waals surface area contributed by atoms with Gasteiger partial charge < -0.3 is 14.2 Å². The van der Waals surface area contributed by atoms with E-state index in [0.29, 0.717) is 19.3 Å². The Morgan fingerprint density at radius 3 is 0.793 bits per heavy atom.